The molecule has 1 aliphatic rings. The molecule has 0 radical (unpaired) electrons. The molecule has 0 fully saturated rings. The molecule has 0 bridgehead atoms. The van der Waals surface area contributed by atoms with Gasteiger partial charge in [-0.15, -0.1) is 0 Å². The van der Waals surface area contributed by atoms with E-state index in [9.17, 15) is 9.90 Å². The summed E-state index contributed by atoms with van der Waals surface area (Å²) in [7, 11) is 1.65. The average Bonchev–Trinajstić information content (AvgIpc) is 3.09. The number of hydrogen-bond acceptors (Lipinski definition) is 5. The molecule has 4 aromatic rings. The first kappa shape index (κ1) is 18.1. The summed E-state index contributed by atoms with van der Waals surface area (Å²) in [5.74, 6) is 0.624. The number of ether oxygens (including phenoxy) is 1. The fourth-order valence-electron chi connectivity index (χ4n) is 3.95. The standard InChI is InChI=1S/C23H18N4O3/c1-30-16-8-6-14(7-9-16)10-20-24-12-15-11-18-21(25-13-26-22(18)23(28)29)17-4-2-3-5-19(17)27(15)20/h2-9,12-13H,10-11H2,1H3,(H,28,29). The maximum absolute atomic E-state index is 11.8. The number of rotatable bonds is 4. The third-order valence-corrected chi connectivity index (χ3v) is 5.34. The van der Waals surface area contributed by atoms with Crippen LogP contribution in [-0.4, -0.2) is 37.7 Å². The second-order valence-electron chi connectivity index (χ2n) is 7.07. The third kappa shape index (κ3) is 2.91. The van der Waals surface area contributed by atoms with E-state index in [1.165, 1.54) is 6.33 Å². The molecular formula is C23H18N4O3. The summed E-state index contributed by atoms with van der Waals surface area (Å²) in [4.78, 5) is 24.9. The highest BCUT2D eigenvalue weighted by atomic mass is 16.5. The van der Waals surface area contributed by atoms with Crippen molar-refractivity contribution in [2.45, 2.75) is 12.8 Å². The van der Waals surface area contributed by atoms with Crippen molar-refractivity contribution in [1.29, 1.82) is 0 Å². The van der Waals surface area contributed by atoms with Crippen LogP contribution in [-0.2, 0) is 12.8 Å². The van der Waals surface area contributed by atoms with Crippen LogP contribution in [0.2, 0.25) is 0 Å². The Hall–Kier alpha value is -4.00. The van der Waals surface area contributed by atoms with Gasteiger partial charge < -0.3 is 9.84 Å². The van der Waals surface area contributed by atoms with Crippen molar-refractivity contribution in [3.63, 3.8) is 0 Å². The summed E-state index contributed by atoms with van der Waals surface area (Å²) in [5, 5.41) is 9.65. The van der Waals surface area contributed by atoms with Gasteiger partial charge in [-0.25, -0.2) is 19.7 Å². The van der Waals surface area contributed by atoms with Crippen LogP contribution in [0.15, 0.2) is 61.1 Å². The molecule has 148 valence electrons. The molecule has 7 nitrogen and oxygen atoms in total. The largest absolute Gasteiger partial charge is 0.497 e. The van der Waals surface area contributed by atoms with Crippen LogP contribution in [0.5, 0.6) is 5.75 Å². The van der Waals surface area contributed by atoms with Crippen LogP contribution in [0.1, 0.15) is 33.1 Å². The molecule has 0 saturated carbocycles. The Morgan fingerprint density at radius 3 is 2.67 bits per heavy atom. The highest BCUT2D eigenvalue weighted by Gasteiger charge is 2.27. The van der Waals surface area contributed by atoms with Crippen molar-refractivity contribution in [2.24, 2.45) is 0 Å². The molecule has 3 heterocycles. The number of benzene rings is 2. The number of fused-ring (bicyclic) bond motifs is 5. The van der Waals surface area contributed by atoms with Gasteiger partial charge >= 0.3 is 5.97 Å². The second kappa shape index (κ2) is 7.11. The van der Waals surface area contributed by atoms with Crippen molar-refractivity contribution in [1.82, 2.24) is 19.5 Å². The summed E-state index contributed by atoms with van der Waals surface area (Å²) in [6.07, 6.45) is 4.15. The highest BCUT2D eigenvalue weighted by Crippen LogP contribution is 2.35. The van der Waals surface area contributed by atoms with Gasteiger partial charge in [0, 0.05) is 35.9 Å². The lowest BCUT2D eigenvalue weighted by Gasteiger charge is -2.13. The van der Waals surface area contributed by atoms with E-state index in [1.807, 2.05) is 54.7 Å². The maximum Gasteiger partial charge on any atom is 0.354 e. The first-order chi connectivity index (χ1) is 14.7. The minimum absolute atomic E-state index is 0.0288. The monoisotopic (exact) mass is 398 g/mol. The predicted molar refractivity (Wildman–Crippen MR) is 110 cm³/mol. The number of imidazole rings is 1. The molecule has 30 heavy (non-hydrogen) atoms. The van der Waals surface area contributed by atoms with Crippen molar-refractivity contribution in [3.8, 4) is 22.7 Å². The minimum Gasteiger partial charge on any atom is -0.497 e. The van der Waals surface area contributed by atoms with Gasteiger partial charge in [0.15, 0.2) is 5.69 Å². The number of para-hydroxylation sites is 1. The zero-order valence-corrected chi connectivity index (χ0v) is 16.2. The minimum atomic E-state index is -1.06. The van der Waals surface area contributed by atoms with Gasteiger partial charge in [-0.3, -0.25) is 4.57 Å². The van der Waals surface area contributed by atoms with E-state index in [2.05, 4.69) is 19.5 Å². The smallest absolute Gasteiger partial charge is 0.354 e. The molecule has 0 amide bonds. The summed E-state index contributed by atoms with van der Waals surface area (Å²) in [5.41, 5.74) is 5.09. The normalized spacial score (nSPS) is 11.8. The summed E-state index contributed by atoms with van der Waals surface area (Å²) >= 11 is 0. The topological polar surface area (TPSA) is 90.1 Å². The van der Waals surface area contributed by atoms with Crippen LogP contribution in [0, 0.1) is 0 Å². The summed E-state index contributed by atoms with van der Waals surface area (Å²) in [6, 6.07) is 15.8. The van der Waals surface area contributed by atoms with Gasteiger partial charge in [0.2, 0.25) is 0 Å². The van der Waals surface area contributed by atoms with Crippen LogP contribution in [0.3, 0.4) is 0 Å². The number of methoxy groups -OCH3 is 1. The average molecular weight is 398 g/mol. The fraction of sp³-hybridized carbons (Fsp3) is 0.130. The number of carboxylic acid groups (broad SMARTS) is 1. The van der Waals surface area contributed by atoms with Crippen LogP contribution in [0.25, 0.3) is 16.9 Å². The fourth-order valence-corrected chi connectivity index (χ4v) is 3.95. The molecule has 0 atom stereocenters. The molecule has 0 aliphatic carbocycles. The lowest BCUT2D eigenvalue weighted by Crippen LogP contribution is -2.09. The summed E-state index contributed by atoms with van der Waals surface area (Å²) < 4.78 is 7.35. The van der Waals surface area contributed by atoms with Crippen molar-refractivity contribution in [2.75, 3.05) is 7.11 Å². The van der Waals surface area contributed by atoms with E-state index in [4.69, 9.17) is 4.74 Å². The lowest BCUT2D eigenvalue weighted by molar-refractivity contribution is 0.0689. The van der Waals surface area contributed by atoms with E-state index >= 15 is 0 Å². The Morgan fingerprint density at radius 1 is 1.10 bits per heavy atom. The lowest BCUT2D eigenvalue weighted by atomic mass is 10.0. The first-order valence-corrected chi connectivity index (χ1v) is 9.51. The molecule has 0 spiro atoms. The zero-order valence-electron chi connectivity index (χ0n) is 16.2. The zero-order chi connectivity index (χ0) is 20.7. The van der Waals surface area contributed by atoms with Gasteiger partial charge in [0.1, 0.15) is 17.9 Å². The quantitative estimate of drug-likeness (QED) is 0.498. The van der Waals surface area contributed by atoms with Gasteiger partial charge in [-0.05, 0) is 23.8 Å². The number of carboxylic acids is 1. The molecular weight excluding hydrogens is 380 g/mol. The SMILES string of the molecule is COc1ccc(Cc2ncc3n2-c2ccccc2-c2ncnc(C(=O)O)c2C3)cc1. The molecule has 2 aromatic heterocycles. The molecule has 1 N–H and O–H groups in total. The van der Waals surface area contributed by atoms with E-state index in [0.717, 1.165) is 34.1 Å². The van der Waals surface area contributed by atoms with Crippen LogP contribution >= 0.6 is 0 Å². The van der Waals surface area contributed by atoms with Crippen LogP contribution < -0.4 is 4.74 Å². The molecule has 1 aliphatic heterocycles. The van der Waals surface area contributed by atoms with Crippen LogP contribution in [0.4, 0.5) is 0 Å². The van der Waals surface area contributed by atoms with E-state index in [1.54, 1.807) is 7.11 Å². The number of carbonyl (C=O) groups is 1. The summed E-state index contributed by atoms with van der Waals surface area (Å²) in [6.45, 7) is 0. The van der Waals surface area contributed by atoms with Gasteiger partial charge in [0.05, 0.1) is 18.5 Å². The van der Waals surface area contributed by atoms with Crippen molar-refractivity contribution < 1.29 is 14.6 Å². The van der Waals surface area contributed by atoms with Gasteiger partial charge in [-0.2, -0.15) is 0 Å². The second-order valence-corrected chi connectivity index (χ2v) is 7.07. The Bertz CT molecular complexity index is 1260. The van der Waals surface area contributed by atoms with Crippen molar-refractivity contribution >= 4 is 5.97 Å². The predicted octanol–water partition coefficient (Wildman–Crippen LogP) is 3.53. The van der Waals surface area contributed by atoms with E-state index < -0.39 is 5.97 Å². The Kier molecular flexibility index (Phi) is 4.28. The third-order valence-electron chi connectivity index (χ3n) is 5.34. The van der Waals surface area contributed by atoms with E-state index in [0.29, 0.717) is 24.1 Å². The number of nitrogens with zero attached hydrogens (tertiary/aromatic N) is 4. The Morgan fingerprint density at radius 2 is 1.90 bits per heavy atom. The van der Waals surface area contributed by atoms with E-state index in [-0.39, 0.29) is 5.69 Å². The number of aromatic carboxylic acids is 1. The molecule has 5 rings (SSSR count). The van der Waals surface area contributed by atoms with Crippen molar-refractivity contribution in [3.05, 3.63) is 89.4 Å². The molecule has 7 heteroatoms. The Labute approximate surface area is 172 Å². The first-order valence-electron chi connectivity index (χ1n) is 9.51. The molecule has 0 saturated heterocycles. The number of aromatic nitrogens is 4. The maximum atomic E-state index is 11.8. The van der Waals surface area contributed by atoms with Gasteiger partial charge in [0.25, 0.3) is 0 Å². The number of hydrogen-bond donors (Lipinski definition) is 1. The Balaban J connectivity index is 1.67. The molecule has 0 unspecified atom stereocenters. The van der Waals surface area contributed by atoms with Gasteiger partial charge in [-0.1, -0.05) is 30.3 Å². The molecule has 2 aromatic carbocycles. The highest BCUT2D eigenvalue weighted by molar-refractivity contribution is 5.90.